The van der Waals surface area contributed by atoms with E-state index in [-0.39, 0.29) is 12.3 Å². The van der Waals surface area contributed by atoms with E-state index in [1.165, 1.54) is 12.1 Å². The lowest BCUT2D eigenvalue weighted by molar-refractivity contribution is 0.101. The van der Waals surface area contributed by atoms with Gasteiger partial charge in [0, 0.05) is 23.9 Å². The number of anilines is 1. The van der Waals surface area contributed by atoms with E-state index >= 15 is 0 Å². The van der Waals surface area contributed by atoms with E-state index < -0.39 is 23.4 Å². The molecule has 0 bridgehead atoms. The van der Waals surface area contributed by atoms with E-state index in [1.54, 1.807) is 29.8 Å². The second-order valence-corrected chi connectivity index (χ2v) is 7.12. The molecule has 0 aliphatic rings. The lowest BCUT2D eigenvalue weighted by atomic mass is 9.91. The molecule has 0 aliphatic carbocycles. The van der Waals surface area contributed by atoms with Gasteiger partial charge in [0.25, 0.3) is 12.3 Å². The van der Waals surface area contributed by atoms with E-state index in [0.717, 1.165) is 6.07 Å². The minimum atomic E-state index is -2.77. The number of pyridine rings is 2. The number of halogens is 2. The van der Waals surface area contributed by atoms with Gasteiger partial charge in [-0.2, -0.15) is 0 Å². The first kappa shape index (κ1) is 20.7. The Morgan fingerprint density at radius 2 is 2.07 bits per heavy atom. The summed E-state index contributed by atoms with van der Waals surface area (Å²) in [5.41, 5.74) is 0.472. The molecule has 3 aromatic rings. The topological polar surface area (TPSA) is 88.8 Å². The van der Waals surface area contributed by atoms with Crippen LogP contribution < -0.4 is 10.1 Å². The van der Waals surface area contributed by atoms with Crippen molar-refractivity contribution in [3.05, 3.63) is 53.7 Å². The van der Waals surface area contributed by atoms with Crippen molar-refractivity contribution < 1.29 is 23.4 Å². The SMILES string of the molecule is CCOc1cc2nc(C(C)(C)CO)cn2cc1NC(=O)c1cccc(C(F)F)n1. The monoisotopic (exact) mass is 404 g/mol. The van der Waals surface area contributed by atoms with Crippen LogP contribution in [-0.4, -0.2) is 38.6 Å². The van der Waals surface area contributed by atoms with Crippen molar-refractivity contribution in [2.45, 2.75) is 32.6 Å². The predicted molar refractivity (Wildman–Crippen MR) is 104 cm³/mol. The molecule has 7 nitrogen and oxygen atoms in total. The molecular weight excluding hydrogens is 382 g/mol. The Bertz CT molecular complexity index is 1030. The molecule has 9 heteroatoms. The molecule has 2 N–H and O–H groups in total. The van der Waals surface area contributed by atoms with Crippen LogP contribution in [0.1, 0.15) is 49.1 Å². The number of ether oxygens (including phenoxy) is 1. The third-order valence-corrected chi connectivity index (χ3v) is 4.42. The molecule has 0 unspecified atom stereocenters. The Balaban J connectivity index is 1.97. The number of imidazole rings is 1. The van der Waals surface area contributed by atoms with Crippen molar-refractivity contribution in [2.24, 2.45) is 0 Å². The quantitative estimate of drug-likeness (QED) is 0.628. The molecule has 3 aromatic heterocycles. The Morgan fingerprint density at radius 3 is 2.72 bits per heavy atom. The Kier molecular flexibility index (Phi) is 5.78. The first-order chi connectivity index (χ1) is 13.7. The van der Waals surface area contributed by atoms with Crippen molar-refractivity contribution in [1.29, 1.82) is 0 Å². The minimum Gasteiger partial charge on any atom is -0.491 e. The van der Waals surface area contributed by atoms with Gasteiger partial charge in [-0.3, -0.25) is 4.79 Å². The van der Waals surface area contributed by atoms with Gasteiger partial charge in [0.05, 0.1) is 18.9 Å². The standard InChI is InChI=1S/C20H22F2N4O3/c1-4-29-15-8-17-25-16(20(2,3)11-27)10-26(17)9-14(15)24-19(28)13-7-5-6-12(23-13)18(21)22/h5-10,18,27H,4,11H2,1-3H3,(H,24,28). The lowest BCUT2D eigenvalue weighted by Crippen LogP contribution is -2.22. The van der Waals surface area contributed by atoms with Crippen LogP contribution in [0.5, 0.6) is 5.75 Å². The van der Waals surface area contributed by atoms with Crippen LogP contribution in [0.25, 0.3) is 5.65 Å². The minimum absolute atomic E-state index is 0.0784. The third-order valence-electron chi connectivity index (χ3n) is 4.42. The summed E-state index contributed by atoms with van der Waals surface area (Å²) in [4.78, 5) is 20.8. The number of rotatable bonds is 7. The highest BCUT2D eigenvalue weighted by Crippen LogP contribution is 2.29. The summed E-state index contributed by atoms with van der Waals surface area (Å²) < 4.78 is 33.0. The molecule has 3 rings (SSSR count). The van der Waals surface area contributed by atoms with Crippen molar-refractivity contribution in [3.63, 3.8) is 0 Å². The first-order valence-electron chi connectivity index (χ1n) is 9.08. The summed E-state index contributed by atoms with van der Waals surface area (Å²) >= 11 is 0. The highest BCUT2D eigenvalue weighted by atomic mass is 19.3. The maximum absolute atomic E-state index is 12.9. The average Bonchev–Trinajstić information content (AvgIpc) is 3.12. The summed E-state index contributed by atoms with van der Waals surface area (Å²) in [7, 11) is 0. The largest absolute Gasteiger partial charge is 0.491 e. The van der Waals surface area contributed by atoms with Crippen LogP contribution in [0.4, 0.5) is 14.5 Å². The van der Waals surface area contributed by atoms with Crippen molar-refractivity contribution in [1.82, 2.24) is 14.4 Å². The zero-order valence-electron chi connectivity index (χ0n) is 16.3. The van der Waals surface area contributed by atoms with Crippen LogP contribution in [0.3, 0.4) is 0 Å². The van der Waals surface area contributed by atoms with Gasteiger partial charge in [0.1, 0.15) is 28.5 Å². The number of amides is 1. The number of aliphatic hydroxyl groups is 1. The molecule has 0 saturated heterocycles. The van der Waals surface area contributed by atoms with Gasteiger partial charge in [0.15, 0.2) is 0 Å². The molecule has 0 atom stereocenters. The molecule has 0 radical (unpaired) electrons. The summed E-state index contributed by atoms with van der Waals surface area (Å²) in [6, 6.07) is 5.54. The van der Waals surface area contributed by atoms with E-state index in [0.29, 0.717) is 29.4 Å². The van der Waals surface area contributed by atoms with Gasteiger partial charge < -0.3 is 19.6 Å². The Labute approximate surface area is 166 Å². The molecule has 0 saturated carbocycles. The number of carbonyl (C=O) groups excluding carboxylic acids is 1. The maximum atomic E-state index is 12.9. The zero-order valence-corrected chi connectivity index (χ0v) is 16.3. The van der Waals surface area contributed by atoms with Crippen LogP contribution in [-0.2, 0) is 5.41 Å². The second kappa shape index (κ2) is 8.12. The van der Waals surface area contributed by atoms with Gasteiger partial charge in [-0.15, -0.1) is 0 Å². The molecule has 0 aliphatic heterocycles. The lowest BCUT2D eigenvalue weighted by Gasteiger charge is -2.17. The number of aromatic nitrogens is 3. The van der Waals surface area contributed by atoms with E-state index in [2.05, 4.69) is 15.3 Å². The van der Waals surface area contributed by atoms with E-state index in [1.807, 2.05) is 13.8 Å². The smallest absolute Gasteiger partial charge is 0.280 e. The van der Waals surface area contributed by atoms with Crippen LogP contribution in [0.2, 0.25) is 0 Å². The number of hydrogen-bond donors (Lipinski definition) is 2. The fourth-order valence-corrected chi connectivity index (χ4v) is 2.68. The number of nitrogens with zero attached hydrogens (tertiary/aromatic N) is 3. The van der Waals surface area contributed by atoms with Crippen molar-refractivity contribution in [2.75, 3.05) is 18.5 Å². The molecule has 0 aromatic carbocycles. The van der Waals surface area contributed by atoms with Gasteiger partial charge >= 0.3 is 0 Å². The van der Waals surface area contributed by atoms with Gasteiger partial charge in [-0.25, -0.2) is 18.7 Å². The molecule has 29 heavy (non-hydrogen) atoms. The van der Waals surface area contributed by atoms with Gasteiger partial charge in [-0.05, 0) is 19.1 Å². The molecular formula is C20H22F2N4O3. The molecule has 154 valence electrons. The van der Waals surface area contributed by atoms with Crippen molar-refractivity contribution in [3.8, 4) is 5.75 Å². The molecule has 1 amide bonds. The number of nitrogens with one attached hydrogen (secondary N) is 1. The zero-order chi connectivity index (χ0) is 21.2. The highest BCUT2D eigenvalue weighted by molar-refractivity contribution is 6.03. The summed E-state index contributed by atoms with van der Waals surface area (Å²) in [6.07, 6.45) is 0.614. The molecule has 3 heterocycles. The molecule has 0 spiro atoms. The van der Waals surface area contributed by atoms with Crippen LogP contribution in [0, 0.1) is 0 Å². The summed E-state index contributed by atoms with van der Waals surface area (Å²) in [5.74, 6) is -0.249. The molecule has 0 fully saturated rings. The number of aliphatic hydroxyl groups excluding tert-OH is 1. The highest BCUT2D eigenvalue weighted by Gasteiger charge is 2.24. The maximum Gasteiger partial charge on any atom is 0.280 e. The Morgan fingerprint density at radius 1 is 1.31 bits per heavy atom. The normalized spacial score (nSPS) is 11.8. The predicted octanol–water partition coefficient (Wildman–Crippen LogP) is 3.59. The first-order valence-corrected chi connectivity index (χ1v) is 9.08. The number of carbonyl (C=O) groups is 1. The van der Waals surface area contributed by atoms with Crippen LogP contribution in [0.15, 0.2) is 36.7 Å². The van der Waals surface area contributed by atoms with Gasteiger partial charge in [0.2, 0.25) is 0 Å². The fourth-order valence-electron chi connectivity index (χ4n) is 2.68. The number of hydrogen-bond acceptors (Lipinski definition) is 5. The van der Waals surface area contributed by atoms with E-state index in [9.17, 15) is 18.7 Å². The van der Waals surface area contributed by atoms with Crippen molar-refractivity contribution >= 4 is 17.2 Å². The Hall–Kier alpha value is -3.07. The third kappa shape index (κ3) is 4.34. The van der Waals surface area contributed by atoms with Gasteiger partial charge in [-0.1, -0.05) is 19.9 Å². The summed E-state index contributed by atoms with van der Waals surface area (Å²) in [6.45, 7) is 5.80. The number of alkyl halides is 2. The van der Waals surface area contributed by atoms with Crippen LogP contribution >= 0.6 is 0 Å². The fraction of sp³-hybridized carbons (Fsp3) is 0.350. The average molecular weight is 404 g/mol. The summed E-state index contributed by atoms with van der Waals surface area (Å²) in [5, 5.41) is 12.2. The second-order valence-electron chi connectivity index (χ2n) is 7.12. The number of fused-ring (bicyclic) bond motifs is 1. The van der Waals surface area contributed by atoms with E-state index in [4.69, 9.17) is 4.74 Å².